The van der Waals surface area contributed by atoms with Crippen molar-refractivity contribution in [2.24, 2.45) is 0 Å². The summed E-state index contributed by atoms with van der Waals surface area (Å²) < 4.78 is 2.75. The highest BCUT2D eigenvalue weighted by molar-refractivity contribution is 14.1. The normalized spacial score (nSPS) is 8.55. The van der Waals surface area contributed by atoms with E-state index in [1.165, 1.54) is 0 Å². The van der Waals surface area contributed by atoms with Crippen LogP contribution in [0.1, 0.15) is 5.56 Å². The van der Waals surface area contributed by atoms with Crippen molar-refractivity contribution in [3.05, 3.63) is 41.3 Å². The molecule has 0 atom stereocenters. The first kappa shape index (κ1) is 8.89. The van der Waals surface area contributed by atoms with Crippen LogP contribution in [0.25, 0.3) is 0 Å². The topological polar surface area (TPSA) is 0 Å². The molecule has 0 unspecified atom stereocenters. The van der Waals surface area contributed by atoms with E-state index in [-0.39, 0.29) is 0 Å². The number of halogens is 2. The third-order valence-corrected chi connectivity index (χ3v) is 1.84. The van der Waals surface area contributed by atoms with Gasteiger partial charge in [-0.25, -0.2) is 0 Å². The molecule has 0 aliphatic heterocycles. The Labute approximate surface area is 85.1 Å². The van der Waals surface area contributed by atoms with Gasteiger partial charge in [0.1, 0.15) is 0 Å². The molecule has 1 aromatic rings. The predicted octanol–water partition coefficient (Wildman–Crippen LogP) is 3.29. The van der Waals surface area contributed by atoms with Crippen molar-refractivity contribution in [1.29, 1.82) is 0 Å². The third-order valence-electron chi connectivity index (χ3n) is 1.19. The average Bonchev–Trinajstić information content (AvgIpc) is 2.03. The van der Waals surface area contributed by atoms with E-state index in [4.69, 9.17) is 11.6 Å². The lowest BCUT2D eigenvalue weighted by Gasteiger charge is -1.95. The van der Waals surface area contributed by atoms with E-state index in [0.717, 1.165) is 10.6 Å². The molecule has 1 aromatic carbocycles. The number of benzene rings is 1. The molecule has 0 saturated heterocycles. The summed E-state index contributed by atoms with van der Waals surface area (Å²) in [5.74, 6) is 2.83. The number of hydrogen-bond acceptors (Lipinski definition) is 0. The Kier molecular flexibility index (Phi) is 3.74. The van der Waals surface area contributed by atoms with Crippen LogP contribution >= 0.6 is 34.2 Å². The highest BCUT2D eigenvalue weighted by atomic mass is 127. The van der Waals surface area contributed by atoms with Crippen molar-refractivity contribution in [3.63, 3.8) is 0 Å². The van der Waals surface area contributed by atoms with E-state index in [1.54, 1.807) is 6.42 Å². The van der Waals surface area contributed by atoms with Gasteiger partial charge in [-0.3, -0.25) is 0 Å². The molecule has 0 N–H and O–H groups in total. The summed E-state index contributed by atoms with van der Waals surface area (Å²) in [5.41, 5.74) is 0.971. The van der Waals surface area contributed by atoms with Crippen LogP contribution < -0.4 is 0 Å². The Morgan fingerprint density at radius 1 is 1.36 bits per heavy atom. The van der Waals surface area contributed by atoms with Gasteiger partial charge in [-0.1, -0.05) is 35.7 Å². The van der Waals surface area contributed by atoms with E-state index in [2.05, 4.69) is 9.85 Å². The fourth-order valence-electron chi connectivity index (χ4n) is 0.697. The van der Waals surface area contributed by atoms with Crippen LogP contribution in [0.4, 0.5) is 0 Å². The molecule has 0 bridgehead atoms. The van der Waals surface area contributed by atoms with Gasteiger partial charge in [-0.2, -0.15) is 0 Å². The molecule has 0 saturated carbocycles. The maximum atomic E-state index is 5.86. The summed E-state index contributed by atoms with van der Waals surface area (Å²) in [5, 5.41) is 0.742. The second-order valence-corrected chi connectivity index (χ2v) is 2.85. The molecule has 0 fully saturated rings. The predicted molar refractivity (Wildman–Crippen MR) is 56.7 cm³/mol. The zero-order valence-corrected chi connectivity index (χ0v) is 8.56. The van der Waals surface area contributed by atoms with Crippen LogP contribution in [-0.2, 0) is 0 Å². The maximum absolute atomic E-state index is 5.86. The van der Waals surface area contributed by atoms with E-state index < -0.39 is 0 Å². The van der Waals surface area contributed by atoms with Crippen LogP contribution in [0, 0.1) is 16.3 Å². The van der Waals surface area contributed by atoms with Crippen molar-refractivity contribution in [3.8, 4) is 9.85 Å². The first-order valence-electron chi connectivity index (χ1n) is 3.03. The standard InChI is InChI=1S/C9H5ClI/c10-9-6-2-1-4-8(9)5-3-7-11/h1-2,4-6H. The zero-order valence-electron chi connectivity index (χ0n) is 5.64. The minimum Gasteiger partial charge on any atom is -0.0840 e. The Morgan fingerprint density at radius 3 is 2.73 bits per heavy atom. The smallest absolute Gasteiger partial charge is 0.0654 e. The van der Waals surface area contributed by atoms with Crippen LogP contribution in [0.5, 0.6) is 0 Å². The van der Waals surface area contributed by atoms with Crippen LogP contribution in [0.2, 0.25) is 5.02 Å². The fourth-order valence-corrected chi connectivity index (χ4v) is 1.04. The van der Waals surface area contributed by atoms with Gasteiger partial charge in [0.2, 0.25) is 0 Å². The van der Waals surface area contributed by atoms with Gasteiger partial charge in [0.05, 0.1) is 6.42 Å². The molecule has 0 nitrogen and oxygen atoms in total. The van der Waals surface area contributed by atoms with E-state index in [9.17, 15) is 0 Å². The highest BCUT2D eigenvalue weighted by Gasteiger charge is 1.94. The molecular weight excluding hydrogens is 270 g/mol. The largest absolute Gasteiger partial charge is 0.0840 e. The molecule has 0 aliphatic carbocycles. The molecule has 0 spiro atoms. The monoisotopic (exact) mass is 275 g/mol. The lowest BCUT2D eigenvalue weighted by Crippen LogP contribution is -1.78. The summed E-state index contributed by atoms with van der Waals surface area (Å²) in [4.78, 5) is 0. The van der Waals surface area contributed by atoms with Gasteiger partial charge < -0.3 is 0 Å². The fraction of sp³-hybridized carbons (Fsp3) is 0. The van der Waals surface area contributed by atoms with Crippen LogP contribution in [0.15, 0.2) is 24.3 Å². The summed E-state index contributed by atoms with van der Waals surface area (Å²) in [6, 6.07) is 7.62. The summed E-state index contributed by atoms with van der Waals surface area (Å²) >= 11 is 7.85. The molecule has 11 heavy (non-hydrogen) atoms. The molecule has 55 valence electrons. The molecule has 0 heterocycles. The van der Waals surface area contributed by atoms with E-state index >= 15 is 0 Å². The van der Waals surface area contributed by atoms with Gasteiger partial charge in [0.15, 0.2) is 0 Å². The van der Waals surface area contributed by atoms with Crippen LogP contribution in [-0.4, -0.2) is 0 Å². The van der Waals surface area contributed by atoms with Crippen molar-refractivity contribution in [2.45, 2.75) is 0 Å². The van der Waals surface area contributed by atoms with Gasteiger partial charge >= 0.3 is 0 Å². The lowest BCUT2D eigenvalue weighted by atomic mass is 10.2. The summed E-state index contributed by atoms with van der Waals surface area (Å²) in [6.45, 7) is 0. The third kappa shape index (κ3) is 2.72. The first-order valence-corrected chi connectivity index (χ1v) is 4.49. The second-order valence-electron chi connectivity index (χ2n) is 1.90. The van der Waals surface area contributed by atoms with Gasteiger partial charge in [-0.15, -0.1) is 0 Å². The molecule has 0 aromatic heterocycles. The molecular formula is C9H5ClI. The average molecular weight is 275 g/mol. The second kappa shape index (κ2) is 4.63. The van der Waals surface area contributed by atoms with Crippen molar-refractivity contribution >= 4 is 34.2 Å². The molecule has 0 aliphatic rings. The number of hydrogen-bond donors (Lipinski definition) is 0. The van der Waals surface area contributed by atoms with Crippen LogP contribution in [0.3, 0.4) is 0 Å². The molecule has 1 rings (SSSR count). The van der Waals surface area contributed by atoms with Crippen molar-refractivity contribution in [2.75, 3.05) is 0 Å². The summed E-state index contributed by atoms with van der Waals surface area (Å²) in [6.07, 6.45) is 1.80. The Bertz CT molecular complexity index is 296. The highest BCUT2D eigenvalue weighted by Crippen LogP contribution is 2.15. The minimum atomic E-state index is 0.742. The lowest BCUT2D eigenvalue weighted by molar-refractivity contribution is 1.55. The minimum absolute atomic E-state index is 0.742. The van der Waals surface area contributed by atoms with Gasteiger partial charge in [-0.05, 0) is 15.6 Å². The number of rotatable bonds is 1. The van der Waals surface area contributed by atoms with Crippen molar-refractivity contribution in [1.82, 2.24) is 0 Å². The zero-order chi connectivity index (χ0) is 8.10. The molecule has 1 radical (unpaired) electrons. The van der Waals surface area contributed by atoms with Crippen molar-refractivity contribution < 1.29 is 0 Å². The van der Waals surface area contributed by atoms with E-state index in [1.807, 2.05) is 46.9 Å². The van der Waals surface area contributed by atoms with Gasteiger partial charge in [0.25, 0.3) is 0 Å². The maximum Gasteiger partial charge on any atom is 0.0654 e. The Balaban J connectivity index is 2.83. The quantitative estimate of drug-likeness (QED) is 0.545. The molecule has 2 heteroatoms. The Morgan fingerprint density at radius 2 is 2.09 bits per heavy atom. The van der Waals surface area contributed by atoms with E-state index in [0.29, 0.717) is 0 Å². The van der Waals surface area contributed by atoms with Gasteiger partial charge in [0, 0.05) is 27.6 Å². The SMILES string of the molecule is Clc1ccccc1[CH]C#CI. The molecule has 0 amide bonds. The summed E-state index contributed by atoms with van der Waals surface area (Å²) in [7, 11) is 0. The Hall–Kier alpha value is -0.200. The first-order chi connectivity index (χ1) is 5.34.